The monoisotopic (exact) mass is 330 g/mol. The number of oxime groups is 1. The second-order valence-electron chi connectivity index (χ2n) is 5.20. The van der Waals surface area contributed by atoms with E-state index in [4.69, 9.17) is 18.7 Å². The first-order valence-electron chi connectivity index (χ1n) is 7.46. The lowest BCUT2D eigenvalue weighted by molar-refractivity contribution is -0.131. The molecule has 2 heterocycles. The number of ether oxygens (including phenoxy) is 2. The van der Waals surface area contributed by atoms with Gasteiger partial charge in [-0.15, -0.1) is 0 Å². The Balaban J connectivity index is 1.65. The molecule has 0 fully saturated rings. The highest BCUT2D eigenvalue weighted by Crippen LogP contribution is 2.28. The fraction of sp³-hybridized carbons (Fsp3) is 0.294. The van der Waals surface area contributed by atoms with Crippen LogP contribution < -0.4 is 14.8 Å². The number of hydrogen-bond acceptors (Lipinski definition) is 6. The molecule has 1 aliphatic heterocycles. The van der Waals surface area contributed by atoms with Crippen molar-refractivity contribution in [1.29, 1.82) is 0 Å². The third-order valence-electron chi connectivity index (χ3n) is 3.70. The topological polar surface area (TPSA) is 82.3 Å². The van der Waals surface area contributed by atoms with Gasteiger partial charge in [0.15, 0.2) is 0 Å². The number of furan rings is 1. The number of methoxy groups -OCH3 is 2. The summed E-state index contributed by atoms with van der Waals surface area (Å²) in [5.41, 5.74) is 1.39. The van der Waals surface area contributed by atoms with Crippen LogP contribution in [0, 0.1) is 0 Å². The Labute approximate surface area is 139 Å². The first-order valence-corrected chi connectivity index (χ1v) is 7.46. The fourth-order valence-corrected chi connectivity index (χ4v) is 2.42. The molecule has 1 aromatic carbocycles. The van der Waals surface area contributed by atoms with Gasteiger partial charge in [0.25, 0.3) is 5.91 Å². The molecule has 0 saturated heterocycles. The van der Waals surface area contributed by atoms with Crippen molar-refractivity contribution < 1.29 is 23.5 Å². The molecule has 1 aromatic heterocycles. The van der Waals surface area contributed by atoms with Crippen LogP contribution in [0.25, 0.3) is 0 Å². The zero-order valence-electron chi connectivity index (χ0n) is 13.4. The van der Waals surface area contributed by atoms with Crippen LogP contribution in [0.4, 0.5) is 0 Å². The molecular formula is C17H18N2O5. The molecule has 0 bridgehead atoms. The van der Waals surface area contributed by atoms with E-state index in [0.717, 1.165) is 5.56 Å². The summed E-state index contributed by atoms with van der Waals surface area (Å²) in [6.45, 7) is 0.309. The van der Waals surface area contributed by atoms with E-state index in [-0.39, 0.29) is 5.91 Å². The minimum atomic E-state index is -0.675. The Hall–Kier alpha value is -2.96. The third-order valence-corrected chi connectivity index (χ3v) is 3.70. The predicted octanol–water partition coefficient (Wildman–Crippen LogP) is 2.11. The highest BCUT2D eigenvalue weighted by Gasteiger charge is 2.30. The normalized spacial score (nSPS) is 16.2. The van der Waals surface area contributed by atoms with E-state index in [2.05, 4.69) is 10.5 Å². The average Bonchev–Trinajstić information content (AvgIpc) is 3.30. The van der Waals surface area contributed by atoms with Crippen molar-refractivity contribution in [3.63, 3.8) is 0 Å². The number of nitrogens with one attached hydrogen (secondary N) is 1. The zero-order chi connectivity index (χ0) is 16.9. The number of nitrogens with zero attached hydrogens (tertiary/aromatic N) is 1. The molecule has 0 aliphatic carbocycles. The van der Waals surface area contributed by atoms with E-state index in [0.29, 0.717) is 35.9 Å². The van der Waals surface area contributed by atoms with Crippen molar-refractivity contribution in [2.24, 2.45) is 5.16 Å². The maximum atomic E-state index is 12.2. The van der Waals surface area contributed by atoms with Crippen LogP contribution in [-0.4, -0.2) is 31.9 Å². The van der Waals surface area contributed by atoms with E-state index in [1.165, 1.54) is 0 Å². The van der Waals surface area contributed by atoms with Gasteiger partial charge in [-0.25, -0.2) is 0 Å². The Bertz CT molecular complexity index is 739. The minimum absolute atomic E-state index is 0.244. The highest BCUT2D eigenvalue weighted by molar-refractivity contribution is 6.06. The molecule has 3 rings (SSSR count). The molecule has 1 N–H and O–H groups in total. The molecule has 1 aliphatic rings. The van der Waals surface area contributed by atoms with Gasteiger partial charge >= 0.3 is 0 Å². The van der Waals surface area contributed by atoms with Gasteiger partial charge in [-0.1, -0.05) is 5.16 Å². The fourth-order valence-electron chi connectivity index (χ4n) is 2.42. The molecule has 126 valence electrons. The summed E-state index contributed by atoms with van der Waals surface area (Å²) >= 11 is 0. The Morgan fingerprint density at radius 3 is 2.92 bits per heavy atom. The van der Waals surface area contributed by atoms with Gasteiger partial charge in [-0.05, 0) is 30.3 Å². The molecule has 7 heteroatoms. The molecule has 24 heavy (non-hydrogen) atoms. The molecule has 0 saturated carbocycles. The van der Waals surface area contributed by atoms with E-state index < -0.39 is 6.10 Å². The van der Waals surface area contributed by atoms with Crippen molar-refractivity contribution in [2.45, 2.75) is 19.1 Å². The Morgan fingerprint density at radius 1 is 1.33 bits per heavy atom. The van der Waals surface area contributed by atoms with Crippen LogP contribution in [0.2, 0.25) is 0 Å². The van der Waals surface area contributed by atoms with Crippen LogP contribution in [0.15, 0.2) is 46.2 Å². The van der Waals surface area contributed by atoms with Crippen molar-refractivity contribution in [3.8, 4) is 11.5 Å². The van der Waals surface area contributed by atoms with Crippen LogP contribution in [0.3, 0.4) is 0 Å². The second-order valence-corrected chi connectivity index (χ2v) is 5.20. The predicted molar refractivity (Wildman–Crippen MR) is 86.1 cm³/mol. The SMILES string of the molecule is COc1ccc(OC)c(C2=NO[C@@H](C(=O)NCc3ccco3)C2)c1. The van der Waals surface area contributed by atoms with Crippen LogP contribution in [0.5, 0.6) is 11.5 Å². The molecule has 0 radical (unpaired) electrons. The summed E-state index contributed by atoms with van der Waals surface area (Å²) in [7, 11) is 3.17. The third kappa shape index (κ3) is 3.34. The van der Waals surface area contributed by atoms with Crippen molar-refractivity contribution >= 4 is 11.6 Å². The van der Waals surface area contributed by atoms with E-state index in [1.54, 1.807) is 44.7 Å². The maximum absolute atomic E-state index is 12.2. The van der Waals surface area contributed by atoms with Crippen LogP contribution >= 0.6 is 0 Å². The molecule has 0 spiro atoms. The Morgan fingerprint density at radius 2 is 2.21 bits per heavy atom. The number of amides is 1. The summed E-state index contributed by atoms with van der Waals surface area (Å²) < 4.78 is 15.7. The number of carbonyl (C=O) groups is 1. The zero-order valence-corrected chi connectivity index (χ0v) is 13.4. The second kappa shape index (κ2) is 7.08. The lowest BCUT2D eigenvalue weighted by Gasteiger charge is -2.10. The van der Waals surface area contributed by atoms with Gasteiger partial charge in [-0.2, -0.15) is 0 Å². The first-order chi connectivity index (χ1) is 11.7. The van der Waals surface area contributed by atoms with Gasteiger partial charge < -0.3 is 24.0 Å². The van der Waals surface area contributed by atoms with E-state index in [1.807, 2.05) is 6.07 Å². The number of rotatable bonds is 6. The first kappa shape index (κ1) is 15.9. The average molecular weight is 330 g/mol. The lowest BCUT2D eigenvalue weighted by Crippen LogP contribution is -2.34. The molecule has 1 amide bonds. The van der Waals surface area contributed by atoms with Crippen molar-refractivity contribution in [2.75, 3.05) is 14.2 Å². The number of benzene rings is 1. The van der Waals surface area contributed by atoms with Gasteiger partial charge in [0, 0.05) is 12.0 Å². The van der Waals surface area contributed by atoms with Crippen LogP contribution in [0.1, 0.15) is 17.7 Å². The number of hydrogen-bond donors (Lipinski definition) is 1. The standard InChI is InChI=1S/C17H18N2O5/c1-21-11-5-6-15(22-2)13(8-11)14-9-16(24-19-14)17(20)18-10-12-4-3-7-23-12/h3-8,16H,9-10H2,1-2H3,(H,18,20)/t16-/m1/s1. The highest BCUT2D eigenvalue weighted by atomic mass is 16.6. The van der Waals surface area contributed by atoms with Crippen molar-refractivity contribution in [3.05, 3.63) is 47.9 Å². The number of carbonyl (C=O) groups excluding carboxylic acids is 1. The van der Waals surface area contributed by atoms with Gasteiger partial charge in [0.1, 0.15) is 17.3 Å². The summed E-state index contributed by atoms with van der Waals surface area (Å²) in [6, 6.07) is 8.96. The lowest BCUT2D eigenvalue weighted by atomic mass is 10.0. The summed E-state index contributed by atoms with van der Waals surface area (Å²) in [4.78, 5) is 17.5. The summed E-state index contributed by atoms with van der Waals surface area (Å²) in [5.74, 6) is 1.76. The smallest absolute Gasteiger partial charge is 0.264 e. The Kier molecular flexibility index (Phi) is 4.69. The quantitative estimate of drug-likeness (QED) is 0.877. The maximum Gasteiger partial charge on any atom is 0.264 e. The molecule has 0 unspecified atom stereocenters. The van der Waals surface area contributed by atoms with Crippen LogP contribution in [-0.2, 0) is 16.2 Å². The van der Waals surface area contributed by atoms with Crippen molar-refractivity contribution in [1.82, 2.24) is 5.32 Å². The summed E-state index contributed by atoms with van der Waals surface area (Å²) in [6.07, 6.45) is 1.24. The van der Waals surface area contributed by atoms with Gasteiger partial charge in [0.2, 0.25) is 6.10 Å². The molecule has 2 aromatic rings. The van der Waals surface area contributed by atoms with Gasteiger partial charge in [0.05, 0.1) is 32.7 Å². The molecule has 1 atom stereocenters. The minimum Gasteiger partial charge on any atom is -0.497 e. The largest absolute Gasteiger partial charge is 0.497 e. The molecular weight excluding hydrogens is 312 g/mol. The van der Waals surface area contributed by atoms with Gasteiger partial charge in [-0.3, -0.25) is 4.79 Å². The summed E-state index contributed by atoms with van der Waals surface area (Å²) in [5, 5.41) is 6.80. The van der Waals surface area contributed by atoms with E-state index >= 15 is 0 Å². The van der Waals surface area contributed by atoms with E-state index in [9.17, 15) is 4.79 Å². The molecule has 7 nitrogen and oxygen atoms in total.